The van der Waals surface area contributed by atoms with E-state index in [0.29, 0.717) is 19.4 Å². The highest BCUT2D eigenvalue weighted by molar-refractivity contribution is 5.36. The minimum atomic E-state index is -4.36. The Balaban J connectivity index is 3.16. The quantitative estimate of drug-likeness (QED) is 0.821. The van der Waals surface area contributed by atoms with Gasteiger partial charge < -0.3 is 5.11 Å². The van der Waals surface area contributed by atoms with Gasteiger partial charge in [-0.25, -0.2) is 0 Å². The third-order valence-corrected chi connectivity index (χ3v) is 2.11. The maximum Gasteiger partial charge on any atom is 0.416 e. The van der Waals surface area contributed by atoms with Gasteiger partial charge >= 0.3 is 6.18 Å². The number of halogens is 3. The van der Waals surface area contributed by atoms with E-state index in [0.717, 1.165) is 6.07 Å². The zero-order valence-electron chi connectivity index (χ0n) is 8.30. The number of aliphatic hydroxyl groups is 1. The predicted octanol–water partition coefficient (Wildman–Crippen LogP) is 3.54. The molecule has 1 nitrogen and oxygen atoms in total. The Morgan fingerprint density at radius 2 is 2.00 bits per heavy atom. The second kappa shape index (κ2) is 4.66. The maximum absolute atomic E-state index is 12.6. The van der Waals surface area contributed by atoms with Crippen molar-refractivity contribution in [3.05, 3.63) is 41.5 Å². The van der Waals surface area contributed by atoms with Crippen LogP contribution in [0.1, 0.15) is 30.0 Å². The van der Waals surface area contributed by atoms with Crippen molar-refractivity contribution in [3.8, 4) is 0 Å². The van der Waals surface area contributed by atoms with Crippen LogP contribution in [0.15, 0.2) is 18.2 Å². The number of hydrogen-bond donors (Lipinski definition) is 1. The van der Waals surface area contributed by atoms with Crippen LogP contribution in [0, 0.1) is 6.61 Å². The molecule has 0 aliphatic rings. The summed E-state index contributed by atoms with van der Waals surface area (Å²) in [5, 5.41) is 8.66. The van der Waals surface area contributed by atoms with Gasteiger partial charge in [-0.3, -0.25) is 0 Å². The lowest BCUT2D eigenvalue weighted by atomic mass is 10.00. The van der Waals surface area contributed by atoms with E-state index in [1.807, 2.05) is 6.92 Å². The number of aryl methyl sites for hydroxylation is 1. The van der Waals surface area contributed by atoms with Crippen molar-refractivity contribution >= 4 is 0 Å². The fourth-order valence-corrected chi connectivity index (χ4v) is 1.43. The number of aliphatic hydroxyl groups excluding tert-OH is 1. The Morgan fingerprint density at radius 1 is 1.33 bits per heavy atom. The number of rotatable bonds is 3. The molecule has 1 radical (unpaired) electrons. The monoisotopic (exact) mass is 217 g/mol. The first-order valence-corrected chi connectivity index (χ1v) is 4.66. The van der Waals surface area contributed by atoms with Crippen LogP contribution in [0.2, 0.25) is 0 Å². The SMILES string of the molecule is CCCc1ccc([CH]O)cc1C(F)(F)F. The molecule has 1 rings (SSSR count). The van der Waals surface area contributed by atoms with E-state index >= 15 is 0 Å². The summed E-state index contributed by atoms with van der Waals surface area (Å²) in [5.41, 5.74) is -0.218. The molecule has 0 aromatic heterocycles. The molecule has 0 heterocycles. The van der Waals surface area contributed by atoms with Gasteiger partial charge in [0.25, 0.3) is 0 Å². The first-order valence-electron chi connectivity index (χ1n) is 4.66. The van der Waals surface area contributed by atoms with Gasteiger partial charge in [0.15, 0.2) is 0 Å². The summed E-state index contributed by atoms with van der Waals surface area (Å²) in [4.78, 5) is 0. The zero-order valence-corrected chi connectivity index (χ0v) is 8.30. The second-order valence-corrected chi connectivity index (χ2v) is 3.29. The molecule has 83 valence electrons. The second-order valence-electron chi connectivity index (χ2n) is 3.29. The van der Waals surface area contributed by atoms with Crippen molar-refractivity contribution in [1.29, 1.82) is 0 Å². The predicted molar refractivity (Wildman–Crippen MR) is 50.8 cm³/mol. The van der Waals surface area contributed by atoms with Gasteiger partial charge in [0, 0.05) is 0 Å². The number of alkyl halides is 3. The molecular formula is C11H12F3O. The Labute approximate surface area is 86.5 Å². The molecule has 0 saturated heterocycles. The lowest BCUT2D eigenvalue weighted by Crippen LogP contribution is -2.09. The van der Waals surface area contributed by atoms with Gasteiger partial charge in [-0.1, -0.05) is 25.5 Å². The molecule has 0 fully saturated rings. The molecule has 15 heavy (non-hydrogen) atoms. The van der Waals surface area contributed by atoms with E-state index in [1.165, 1.54) is 12.1 Å². The number of benzene rings is 1. The van der Waals surface area contributed by atoms with Crippen LogP contribution in [0.5, 0.6) is 0 Å². The van der Waals surface area contributed by atoms with Crippen molar-refractivity contribution in [3.63, 3.8) is 0 Å². The molecule has 0 atom stereocenters. The Morgan fingerprint density at radius 3 is 2.47 bits per heavy atom. The van der Waals surface area contributed by atoms with Gasteiger partial charge in [-0.15, -0.1) is 0 Å². The molecule has 0 spiro atoms. The molecule has 1 aromatic carbocycles. The lowest BCUT2D eigenvalue weighted by molar-refractivity contribution is -0.138. The minimum Gasteiger partial charge on any atom is -0.385 e. The molecule has 0 bridgehead atoms. The highest BCUT2D eigenvalue weighted by Gasteiger charge is 2.33. The summed E-state index contributed by atoms with van der Waals surface area (Å²) >= 11 is 0. The van der Waals surface area contributed by atoms with Gasteiger partial charge in [-0.2, -0.15) is 13.2 Å². The molecular weight excluding hydrogens is 205 g/mol. The van der Waals surface area contributed by atoms with Gasteiger partial charge in [0.2, 0.25) is 0 Å². The lowest BCUT2D eigenvalue weighted by Gasteiger charge is -2.13. The van der Waals surface area contributed by atoms with Crippen LogP contribution < -0.4 is 0 Å². The molecule has 0 amide bonds. The van der Waals surface area contributed by atoms with Crippen LogP contribution in [-0.2, 0) is 12.6 Å². The van der Waals surface area contributed by atoms with Crippen LogP contribution in [0.25, 0.3) is 0 Å². The largest absolute Gasteiger partial charge is 0.416 e. The highest BCUT2D eigenvalue weighted by atomic mass is 19.4. The van der Waals surface area contributed by atoms with Crippen LogP contribution in [0.4, 0.5) is 13.2 Å². The van der Waals surface area contributed by atoms with Gasteiger partial charge in [0.05, 0.1) is 5.56 Å². The fourth-order valence-electron chi connectivity index (χ4n) is 1.43. The average Bonchev–Trinajstić information content (AvgIpc) is 2.17. The molecule has 0 saturated carbocycles. The summed E-state index contributed by atoms with van der Waals surface area (Å²) in [6.45, 7) is 2.50. The standard InChI is InChI=1S/C11H12F3O/c1-2-3-9-5-4-8(7-15)6-10(9)11(12,13)14/h4-7,15H,2-3H2,1H3. The van der Waals surface area contributed by atoms with Crippen LogP contribution in [-0.4, -0.2) is 5.11 Å². The highest BCUT2D eigenvalue weighted by Crippen LogP contribution is 2.33. The topological polar surface area (TPSA) is 20.2 Å². The van der Waals surface area contributed by atoms with Gasteiger partial charge in [-0.05, 0) is 23.6 Å². The van der Waals surface area contributed by atoms with E-state index in [-0.39, 0.29) is 11.1 Å². The van der Waals surface area contributed by atoms with Crippen molar-refractivity contribution in [2.24, 2.45) is 0 Å². The van der Waals surface area contributed by atoms with Crippen molar-refractivity contribution in [2.75, 3.05) is 0 Å². The van der Waals surface area contributed by atoms with Crippen LogP contribution in [0.3, 0.4) is 0 Å². The fraction of sp³-hybridized carbons (Fsp3) is 0.364. The van der Waals surface area contributed by atoms with Gasteiger partial charge in [0.1, 0.15) is 6.61 Å². The minimum absolute atomic E-state index is 0.169. The van der Waals surface area contributed by atoms with E-state index < -0.39 is 11.7 Å². The molecule has 0 unspecified atom stereocenters. The van der Waals surface area contributed by atoms with Crippen molar-refractivity contribution in [2.45, 2.75) is 25.9 Å². The molecule has 1 N–H and O–H groups in total. The van der Waals surface area contributed by atoms with E-state index in [2.05, 4.69) is 0 Å². The first kappa shape index (κ1) is 12.0. The molecule has 0 aliphatic carbocycles. The third-order valence-electron chi connectivity index (χ3n) is 2.11. The third kappa shape index (κ3) is 2.96. The number of hydrogen-bond acceptors (Lipinski definition) is 1. The molecule has 0 aliphatic heterocycles. The van der Waals surface area contributed by atoms with E-state index in [4.69, 9.17) is 5.11 Å². The maximum atomic E-state index is 12.6. The van der Waals surface area contributed by atoms with Crippen molar-refractivity contribution < 1.29 is 18.3 Å². The Hall–Kier alpha value is -1.03. The van der Waals surface area contributed by atoms with E-state index in [1.54, 1.807) is 0 Å². The average molecular weight is 217 g/mol. The smallest absolute Gasteiger partial charge is 0.385 e. The Kier molecular flexibility index (Phi) is 3.74. The van der Waals surface area contributed by atoms with Crippen LogP contribution >= 0.6 is 0 Å². The summed E-state index contributed by atoms with van der Waals surface area (Å²) in [7, 11) is 0. The summed E-state index contributed by atoms with van der Waals surface area (Å²) in [5.74, 6) is 0. The summed E-state index contributed by atoms with van der Waals surface area (Å²) < 4.78 is 37.8. The van der Waals surface area contributed by atoms with Crippen molar-refractivity contribution in [1.82, 2.24) is 0 Å². The molecule has 1 aromatic rings. The normalized spacial score (nSPS) is 11.8. The Bertz CT molecular complexity index is 331. The van der Waals surface area contributed by atoms with E-state index in [9.17, 15) is 13.2 Å². The first-order chi connectivity index (χ1) is 6.99. The summed E-state index contributed by atoms with van der Waals surface area (Å²) in [6.07, 6.45) is -3.31. The molecule has 4 heteroatoms. The summed E-state index contributed by atoms with van der Waals surface area (Å²) in [6, 6.07) is 3.85. The zero-order chi connectivity index (χ0) is 11.5.